The second-order valence-corrected chi connectivity index (χ2v) is 3.96. The van der Waals surface area contributed by atoms with Crippen LogP contribution in [0.25, 0.3) is 6.08 Å². The molecule has 0 fully saturated rings. The van der Waals surface area contributed by atoms with Crippen molar-refractivity contribution in [3.63, 3.8) is 0 Å². The Labute approximate surface area is 104 Å². The van der Waals surface area contributed by atoms with Crippen LogP contribution in [0.4, 0.5) is 0 Å². The number of hydrogen-bond donors (Lipinski definition) is 3. The molecule has 0 saturated carbocycles. The van der Waals surface area contributed by atoms with Gasteiger partial charge in [0.1, 0.15) is 6.10 Å². The van der Waals surface area contributed by atoms with Crippen molar-refractivity contribution in [3.05, 3.63) is 64.9 Å². The molecule has 0 amide bonds. The molecule has 0 radical (unpaired) electrons. The van der Waals surface area contributed by atoms with E-state index in [9.17, 15) is 9.90 Å². The fourth-order valence-electron chi connectivity index (χ4n) is 1.77. The van der Waals surface area contributed by atoms with Crippen LogP contribution in [0.15, 0.2) is 59.3 Å². The van der Waals surface area contributed by atoms with Crippen LogP contribution < -0.4 is 5.73 Å². The Kier molecular flexibility index (Phi) is 3.30. The normalized spacial score (nSPS) is 21.4. The number of nitrogens with two attached hydrogens (primary N) is 1. The van der Waals surface area contributed by atoms with Gasteiger partial charge in [0.05, 0.1) is 5.57 Å². The number of hydrogen-bond acceptors (Lipinski definition) is 3. The van der Waals surface area contributed by atoms with Crippen molar-refractivity contribution in [2.24, 2.45) is 5.73 Å². The van der Waals surface area contributed by atoms with E-state index < -0.39 is 12.1 Å². The van der Waals surface area contributed by atoms with Crippen molar-refractivity contribution < 1.29 is 15.0 Å². The summed E-state index contributed by atoms with van der Waals surface area (Å²) in [7, 11) is 0. The summed E-state index contributed by atoms with van der Waals surface area (Å²) in [6.45, 7) is 0. The summed E-state index contributed by atoms with van der Waals surface area (Å²) in [4.78, 5) is 10.9. The monoisotopic (exact) mass is 243 g/mol. The van der Waals surface area contributed by atoms with Crippen molar-refractivity contribution in [2.45, 2.75) is 6.10 Å². The van der Waals surface area contributed by atoms with Gasteiger partial charge in [0.2, 0.25) is 0 Å². The third kappa shape index (κ3) is 2.33. The summed E-state index contributed by atoms with van der Waals surface area (Å²) >= 11 is 0. The molecule has 0 bridgehead atoms. The van der Waals surface area contributed by atoms with Gasteiger partial charge in [0.25, 0.3) is 0 Å². The van der Waals surface area contributed by atoms with Gasteiger partial charge in [-0.25, -0.2) is 4.79 Å². The van der Waals surface area contributed by atoms with Crippen LogP contribution in [0.1, 0.15) is 5.56 Å². The van der Waals surface area contributed by atoms with Crippen LogP contribution in [0, 0.1) is 0 Å². The lowest BCUT2D eigenvalue weighted by Gasteiger charge is -2.19. The largest absolute Gasteiger partial charge is 0.478 e. The zero-order valence-electron chi connectivity index (χ0n) is 9.58. The lowest BCUT2D eigenvalue weighted by Crippen LogP contribution is -2.25. The van der Waals surface area contributed by atoms with Crippen molar-refractivity contribution in [1.29, 1.82) is 0 Å². The molecule has 4 heteroatoms. The minimum Gasteiger partial charge on any atom is -0.478 e. The number of aliphatic hydroxyl groups excluding tert-OH is 1. The van der Waals surface area contributed by atoms with Crippen LogP contribution in [-0.4, -0.2) is 22.3 Å². The molecule has 4 nitrogen and oxygen atoms in total. The maximum Gasteiger partial charge on any atom is 0.334 e. The highest BCUT2D eigenvalue weighted by molar-refractivity contribution is 5.90. The van der Waals surface area contributed by atoms with E-state index in [1.54, 1.807) is 6.08 Å². The number of carbonyl (C=O) groups is 1. The molecule has 1 atom stereocenters. The SMILES string of the molecule is NC1=CC=C(C(=O)O)C(O)C1=Cc1ccccc1. The predicted octanol–water partition coefficient (Wildman–Crippen LogP) is 1.30. The van der Waals surface area contributed by atoms with E-state index in [1.165, 1.54) is 12.2 Å². The first-order valence-electron chi connectivity index (χ1n) is 5.45. The van der Waals surface area contributed by atoms with Gasteiger partial charge in [0.15, 0.2) is 0 Å². The van der Waals surface area contributed by atoms with Crippen molar-refractivity contribution in [2.75, 3.05) is 0 Å². The number of aliphatic hydroxyl groups is 1. The Morgan fingerprint density at radius 3 is 2.50 bits per heavy atom. The molecule has 1 unspecified atom stereocenters. The van der Waals surface area contributed by atoms with Crippen molar-refractivity contribution in [3.8, 4) is 0 Å². The Morgan fingerprint density at radius 2 is 1.89 bits per heavy atom. The van der Waals surface area contributed by atoms with E-state index in [0.717, 1.165) is 5.56 Å². The minimum atomic E-state index is -1.20. The molecule has 2 rings (SSSR count). The molecule has 1 aromatic rings. The molecule has 0 aliphatic heterocycles. The quantitative estimate of drug-likeness (QED) is 0.731. The van der Waals surface area contributed by atoms with Crippen LogP contribution in [0.3, 0.4) is 0 Å². The lowest BCUT2D eigenvalue weighted by molar-refractivity contribution is -0.133. The Hall–Kier alpha value is -2.33. The molecule has 1 aliphatic rings. The number of benzene rings is 1. The first kappa shape index (κ1) is 12.1. The van der Waals surface area contributed by atoms with E-state index >= 15 is 0 Å². The zero-order chi connectivity index (χ0) is 13.1. The molecule has 18 heavy (non-hydrogen) atoms. The van der Waals surface area contributed by atoms with Gasteiger partial charge in [-0.2, -0.15) is 0 Å². The maximum absolute atomic E-state index is 10.9. The first-order valence-corrected chi connectivity index (χ1v) is 5.45. The summed E-state index contributed by atoms with van der Waals surface area (Å²) in [6, 6.07) is 9.30. The smallest absolute Gasteiger partial charge is 0.334 e. The molecule has 92 valence electrons. The first-order chi connectivity index (χ1) is 8.59. The summed E-state index contributed by atoms with van der Waals surface area (Å²) in [5.41, 5.74) is 7.33. The number of carboxylic acid groups (broad SMARTS) is 1. The number of allylic oxidation sites excluding steroid dienone is 2. The average molecular weight is 243 g/mol. The van der Waals surface area contributed by atoms with Gasteiger partial charge >= 0.3 is 5.97 Å². The van der Waals surface area contributed by atoms with Gasteiger partial charge in [-0.15, -0.1) is 0 Å². The molecular weight excluding hydrogens is 230 g/mol. The summed E-state index contributed by atoms with van der Waals surface area (Å²) in [6.07, 6.45) is 3.30. The van der Waals surface area contributed by atoms with Gasteiger partial charge in [-0.1, -0.05) is 30.3 Å². The van der Waals surface area contributed by atoms with E-state index in [1.807, 2.05) is 30.3 Å². The fraction of sp³-hybridized carbons (Fsp3) is 0.0714. The molecule has 0 spiro atoms. The van der Waals surface area contributed by atoms with E-state index in [-0.39, 0.29) is 5.57 Å². The van der Waals surface area contributed by atoms with Gasteiger partial charge in [-0.3, -0.25) is 0 Å². The van der Waals surface area contributed by atoms with Gasteiger partial charge < -0.3 is 15.9 Å². The summed E-state index contributed by atoms with van der Waals surface area (Å²) < 4.78 is 0. The second kappa shape index (κ2) is 4.89. The highest BCUT2D eigenvalue weighted by Gasteiger charge is 2.25. The average Bonchev–Trinajstić information content (AvgIpc) is 2.35. The third-order valence-corrected chi connectivity index (χ3v) is 2.73. The Morgan fingerprint density at radius 1 is 1.22 bits per heavy atom. The topological polar surface area (TPSA) is 83.6 Å². The molecule has 0 saturated heterocycles. The van der Waals surface area contributed by atoms with Gasteiger partial charge in [-0.05, 0) is 23.8 Å². The third-order valence-electron chi connectivity index (χ3n) is 2.73. The minimum absolute atomic E-state index is 0.0774. The molecular formula is C14H13NO3. The highest BCUT2D eigenvalue weighted by atomic mass is 16.4. The fourth-order valence-corrected chi connectivity index (χ4v) is 1.77. The molecule has 4 N–H and O–H groups in total. The molecule has 0 heterocycles. The standard InChI is InChI=1S/C14H13NO3/c15-12-7-6-10(14(17)18)13(16)11(12)8-9-4-2-1-3-5-9/h1-8,13,16H,15H2,(H,17,18). The van der Waals surface area contributed by atoms with Crippen LogP contribution >= 0.6 is 0 Å². The predicted molar refractivity (Wildman–Crippen MR) is 68.4 cm³/mol. The number of carboxylic acids is 1. The lowest BCUT2D eigenvalue weighted by atomic mass is 9.92. The second-order valence-electron chi connectivity index (χ2n) is 3.96. The van der Waals surface area contributed by atoms with Crippen molar-refractivity contribution >= 4 is 12.0 Å². The summed E-state index contributed by atoms with van der Waals surface area (Å²) in [5, 5.41) is 18.9. The Balaban J connectivity index is 2.41. The Bertz CT molecular complexity index is 556. The van der Waals surface area contributed by atoms with Gasteiger partial charge in [0, 0.05) is 11.3 Å². The summed E-state index contributed by atoms with van der Waals surface area (Å²) in [5.74, 6) is -1.15. The van der Waals surface area contributed by atoms with Crippen molar-refractivity contribution in [1.82, 2.24) is 0 Å². The van der Waals surface area contributed by atoms with E-state index in [2.05, 4.69) is 0 Å². The van der Waals surface area contributed by atoms with Crippen LogP contribution in [0.2, 0.25) is 0 Å². The highest BCUT2D eigenvalue weighted by Crippen LogP contribution is 2.24. The number of aliphatic carboxylic acids is 1. The number of rotatable bonds is 2. The molecule has 1 aromatic carbocycles. The van der Waals surface area contributed by atoms with E-state index in [4.69, 9.17) is 10.8 Å². The molecule has 0 aromatic heterocycles. The molecule has 1 aliphatic carbocycles. The van der Waals surface area contributed by atoms with Crippen LogP contribution in [-0.2, 0) is 4.79 Å². The zero-order valence-corrected chi connectivity index (χ0v) is 9.58. The van der Waals surface area contributed by atoms with Crippen LogP contribution in [0.5, 0.6) is 0 Å². The van der Waals surface area contributed by atoms with E-state index in [0.29, 0.717) is 11.3 Å². The maximum atomic E-state index is 10.9.